The molecule has 1 saturated heterocycles. The van der Waals surface area contributed by atoms with Gasteiger partial charge in [0.05, 0.1) is 13.2 Å². The third-order valence-corrected chi connectivity index (χ3v) is 5.46. The van der Waals surface area contributed by atoms with Crippen molar-refractivity contribution in [3.05, 3.63) is 29.8 Å². The fourth-order valence-corrected chi connectivity index (χ4v) is 3.95. The number of rotatable bonds is 6. The van der Waals surface area contributed by atoms with E-state index < -0.39 is 11.6 Å². The minimum Gasteiger partial charge on any atom is -0.497 e. The summed E-state index contributed by atoms with van der Waals surface area (Å²) in [4.78, 5) is 38.6. The van der Waals surface area contributed by atoms with Crippen LogP contribution < -0.4 is 15.4 Å². The number of nitrogens with zero attached hydrogens (tertiary/aromatic N) is 1. The number of benzene rings is 1. The van der Waals surface area contributed by atoms with Crippen LogP contribution in [0.25, 0.3) is 0 Å². The highest BCUT2D eigenvalue weighted by molar-refractivity contribution is 6.09. The first kappa shape index (κ1) is 19.2. The first-order valence-electron chi connectivity index (χ1n) is 9.44. The monoisotopic (exact) mass is 373 g/mol. The van der Waals surface area contributed by atoms with Gasteiger partial charge in [-0.1, -0.05) is 38.8 Å². The van der Waals surface area contributed by atoms with Gasteiger partial charge in [0.25, 0.3) is 5.91 Å². The molecule has 7 nitrogen and oxygen atoms in total. The van der Waals surface area contributed by atoms with E-state index in [1.54, 1.807) is 7.11 Å². The van der Waals surface area contributed by atoms with Crippen LogP contribution in [-0.4, -0.2) is 41.9 Å². The molecular formula is C20H27N3O4. The van der Waals surface area contributed by atoms with E-state index in [2.05, 4.69) is 10.6 Å². The van der Waals surface area contributed by atoms with E-state index in [1.165, 1.54) is 0 Å². The van der Waals surface area contributed by atoms with Gasteiger partial charge in [-0.25, -0.2) is 4.79 Å². The molecule has 1 aliphatic heterocycles. The van der Waals surface area contributed by atoms with Crippen LogP contribution in [0.4, 0.5) is 4.79 Å². The molecular weight excluding hydrogens is 346 g/mol. The number of imide groups is 1. The largest absolute Gasteiger partial charge is 0.497 e. The first-order chi connectivity index (χ1) is 12.9. The molecule has 146 valence electrons. The Balaban J connectivity index is 1.67. The Morgan fingerprint density at radius 3 is 2.41 bits per heavy atom. The normalized spacial score (nSPS) is 19.5. The van der Waals surface area contributed by atoms with Crippen molar-refractivity contribution in [3.63, 3.8) is 0 Å². The van der Waals surface area contributed by atoms with Gasteiger partial charge in [-0.05, 0) is 36.5 Å². The molecule has 2 N–H and O–H groups in total. The predicted molar refractivity (Wildman–Crippen MR) is 100 cm³/mol. The smallest absolute Gasteiger partial charge is 0.325 e. The molecule has 3 rings (SSSR count). The summed E-state index contributed by atoms with van der Waals surface area (Å²) < 4.78 is 5.17. The van der Waals surface area contributed by atoms with Crippen LogP contribution in [0.5, 0.6) is 5.75 Å². The summed E-state index contributed by atoms with van der Waals surface area (Å²) in [6.07, 6.45) is 3.13. The van der Waals surface area contributed by atoms with Crippen LogP contribution in [0.2, 0.25) is 0 Å². The van der Waals surface area contributed by atoms with Crippen molar-refractivity contribution in [1.29, 1.82) is 0 Å². The Hall–Kier alpha value is -2.57. The third kappa shape index (κ3) is 3.77. The molecule has 1 aromatic carbocycles. The second kappa shape index (κ2) is 7.58. The molecule has 2 fully saturated rings. The maximum atomic E-state index is 12.7. The highest BCUT2D eigenvalue weighted by atomic mass is 16.5. The number of carbonyl (C=O) groups excluding carboxylic acids is 3. The van der Waals surface area contributed by atoms with Crippen LogP contribution >= 0.6 is 0 Å². The van der Waals surface area contributed by atoms with Crippen LogP contribution in [0.15, 0.2) is 24.3 Å². The maximum Gasteiger partial charge on any atom is 0.325 e. The Labute approximate surface area is 159 Å². The number of hydrogen-bond donors (Lipinski definition) is 2. The van der Waals surface area contributed by atoms with Crippen LogP contribution in [-0.2, 0) is 9.59 Å². The zero-order chi connectivity index (χ0) is 19.6. The molecule has 1 aliphatic carbocycles. The van der Waals surface area contributed by atoms with Crippen LogP contribution in [0.1, 0.15) is 51.1 Å². The van der Waals surface area contributed by atoms with Crippen molar-refractivity contribution >= 4 is 17.8 Å². The van der Waals surface area contributed by atoms with Gasteiger partial charge in [0.15, 0.2) is 0 Å². The van der Waals surface area contributed by atoms with E-state index >= 15 is 0 Å². The van der Waals surface area contributed by atoms with Crippen molar-refractivity contribution < 1.29 is 19.1 Å². The van der Waals surface area contributed by atoms with Gasteiger partial charge in [-0.2, -0.15) is 0 Å². The molecule has 27 heavy (non-hydrogen) atoms. The lowest BCUT2D eigenvalue weighted by molar-refractivity contribution is -0.135. The second-order valence-corrected chi connectivity index (χ2v) is 7.67. The fraction of sp³-hybridized carbons (Fsp3) is 0.550. The molecule has 2 aliphatic rings. The van der Waals surface area contributed by atoms with E-state index in [-0.39, 0.29) is 30.3 Å². The summed E-state index contributed by atoms with van der Waals surface area (Å²) in [6, 6.07) is 6.82. The lowest BCUT2D eigenvalue weighted by Crippen LogP contribution is -2.46. The average molecular weight is 373 g/mol. The molecule has 1 spiro atoms. The number of methoxy groups -OCH3 is 1. The fourth-order valence-electron chi connectivity index (χ4n) is 3.95. The Bertz CT molecular complexity index is 723. The van der Waals surface area contributed by atoms with Crippen molar-refractivity contribution in [1.82, 2.24) is 15.5 Å². The number of amides is 4. The predicted octanol–water partition coefficient (Wildman–Crippen LogP) is 2.37. The summed E-state index contributed by atoms with van der Waals surface area (Å²) in [5.74, 6) is 0.272. The lowest BCUT2D eigenvalue weighted by atomic mass is 9.96. The molecule has 4 amide bonds. The highest BCUT2D eigenvalue weighted by Gasteiger charge is 2.52. The molecule has 0 aromatic heterocycles. The highest BCUT2D eigenvalue weighted by Crippen LogP contribution is 2.35. The molecule has 7 heteroatoms. The summed E-state index contributed by atoms with van der Waals surface area (Å²) in [6.45, 7) is 3.76. The Morgan fingerprint density at radius 2 is 1.85 bits per heavy atom. The number of ether oxygens (including phenoxy) is 1. The summed E-state index contributed by atoms with van der Waals surface area (Å²) in [5.41, 5.74) is 0.161. The lowest BCUT2D eigenvalue weighted by Gasteiger charge is -2.24. The molecule has 0 unspecified atom stereocenters. The van der Waals surface area contributed by atoms with Gasteiger partial charge in [-0.3, -0.25) is 14.5 Å². The molecule has 1 aromatic rings. The van der Waals surface area contributed by atoms with E-state index in [0.29, 0.717) is 12.8 Å². The summed E-state index contributed by atoms with van der Waals surface area (Å²) in [7, 11) is 1.60. The zero-order valence-electron chi connectivity index (χ0n) is 16.1. The molecule has 0 radical (unpaired) electrons. The third-order valence-electron chi connectivity index (χ3n) is 5.46. The van der Waals surface area contributed by atoms with Gasteiger partial charge in [0.2, 0.25) is 5.91 Å². The molecule has 1 saturated carbocycles. The summed E-state index contributed by atoms with van der Waals surface area (Å²) in [5, 5.41) is 5.76. The standard InChI is InChI=1S/C20H27N3O4/c1-13(2)17(14-6-8-15(27-3)9-7-14)21-16(24)12-23-18(25)20(22-19(23)26)10-4-5-11-20/h6-9,13,17H,4-5,10-12H2,1-3H3,(H,21,24)(H,22,26)/t17-/m0/s1. The number of carbonyl (C=O) groups is 3. The van der Waals surface area contributed by atoms with Crippen molar-refractivity contribution in [2.45, 2.75) is 51.1 Å². The van der Waals surface area contributed by atoms with Gasteiger partial charge < -0.3 is 15.4 Å². The van der Waals surface area contributed by atoms with E-state index in [9.17, 15) is 14.4 Å². The van der Waals surface area contributed by atoms with Crippen LogP contribution in [0.3, 0.4) is 0 Å². The van der Waals surface area contributed by atoms with Gasteiger partial charge >= 0.3 is 6.03 Å². The van der Waals surface area contributed by atoms with E-state index in [4.69, 9.17) is 4.74 Å². The first-order valence-corrected chi connectivity index (χ1v) is 9.44. The minimum atomic E-state index is -0.787. The van der Waals surface area contributed by atoms with Crippen molar-refractivity contribution in [3.8, 4) is 5.75 Å². The topological polar surface area (TPSA) is 87.7 Å². The SMILES string of the molecule is COc1ccc([C@@H](NC(=O)CN2C(=O)NC3(CCCC3)C2=O)C(C)C)cc1. The van der Waals surface area contributed by atoms with Crippen molar-refractivity contribution in [2.24, 2.45) is 5.92 Å². The van der Waals surface area contributed by atoms with E-state index in [1.807, 2.05) is 38.1 Å². The number of nitrogens with one attached hydrogen (secondary N) is 2. The minimum absolute atomic E-state index is 0.145. The molecule has 0 bridgehead atoms. The summed E-state index contributed by atoms with van der Waals surface area (Å²) >= 11 is 0. The Kier molecular flexibility index (Phi) is 5.39. The molecule has 1 heterocycles. The van der Waals surface area contributed by atoms with E-state index in [0.717, 1.165) is 29.1 Å². The van der Waals surface area contributed by atoms with Gasteiger partial charge in [0, 0.05) is 0 Å². The quantitative estimate of drug-likeness (QED) is 0.750. The maximum absolute atomic E-state index is 12.7. The Morgan fingerprint density at radius 1 is 1.22 bits per heavy atom. The average Bonchev–Trinajstić information content (AvgIpc) is 3.20. The van der Waals surface area contributed by atoms with Crippen molar-refractivity contribution in [2.75, 3.05) is 13.7 Å². The second-order valence-electron chi connectivity index (χ2n) is 7.67. The number of urea groups is 1. The van der Waals surface area contributed by atoms with Crippen LogP contribution in [0, 0.1) is 5.92 Å². The van der Waals surface area contributed by atoms with Gasteiger partial charge in [-0.15, -0.1) is 0 Å². The van der Waals surface area contributed by atoms with Gasteiger partial charge in [0.1, 0.15) is 17.8 Å². The number of hydrogen-bond acceptors (Lipinski definition) is 4. The zero-order valence-corrected chi connectivity index (χ0v) is 16.1. The molecule has 1 atom stereocenters.